The van der Waals surface area contributed by atoms with E-state index in [4.69, 9.17) is 4.74 Å². The molecule has 0 bridgehead atoms. The monoisotopic (exact) mass is 258 g/mol. The maximum atomic E-state index is 11.4. The molecule has 0 spiro atoms. The van der Waals surface area contributed by atoms with Crippen LogP contribution < -0.4 is 10.6 Å². The molecule has 2 atom stereocenters. The fourth-order valence-electron chi connectivity index (χ4n) is 2.09. The van der Waals surface area contributed by atoms with Crippen LogP contribution in [-0.2, 0) is 4.74 Å². The molecule has 1 aliphatic rings. The van der Waals surface area contributed by atoms with Gasteiger partial charge in [0.05, 0.1) is 6.10 Å². The van der Waals surface area contributed by atoms with Crippen molar-refractivity contribution in [3.63, 3.8) is 0 Å². The largest absolute Gasteiger partial charge is 0.444 e. The lowest BCUT2D eigenvalue weighted by Crippen LogP contribution is -2.45. The molecule has 106 valence electrons. The Balaban J connectivity index is 2.09. The molecule has 5 heteroatoms. The van der Waals surface area contributed by atoms with E-state index in [2.05, 4.69) is 10.6 Å². The number of aliphatic hydroxyl groups excluding tert-OH is 1. The summed E-state index contributed by atoms with van der Waals surface area (Å²) in [5, 5.41) is 15.7. The van der Waals surface area contributed by atoms with Crippen LogP contribution in [0.1, 0.15) is 46.5 Å². The fourth-order valence-corrected chi connectivity index (χ4v) is 2.09. The summed E-state index contributed by atoms with van der Waals surface area (Å²) < 4.78 is 5.12. The Morgan fingerprint density at radius 3 is 2.56 bits per heavy atom. The second-order valence-corrected chi connectivity index (χ2v) is 5.84. The third-order valence-electron chi connectivity index (χ3n) is 2.93. The molecule has 1 rings (SSSR count). The number of hydrogen-bond acceptors (Lipinski definition) is 4. The van der Waals surface area contributed by atoms with Gasteiger partial charge in [-0.25, -0.2) is 4.79 Å². The molecule has 1 aliphatic carbocycles. The molecule has 0 aromatic carbocycles. The minimum atomic E-state index is -0.461. The molecule has 18 heavy (non-hydrogen) atoms. The van der Waals surface area contributed by atoms with Crippen LogP contribution in [0.3, 0.4) is 0 Å². The zero-order valence-corrected chi connectivity index (χ0v) is 11.7. The van der Waals surface area contributed by atoms with Crippen LogP contribution in [-0.4, -0.2) is 42.0 Å². The second-order valence-electron chi connectivity index (χ2n) is 5.84. The average molecular weight is 258 g/mol. The van der Waals surface area contributed by atoms with Gasteiger partial charge in [0, 0.05) is 19.1 Å². The van der Waals surface area contributed by atoms with Crippen molar-refractivity contribution in [2.45, 2.75) is 64.2 Å². The molecule has 0 aromatic rings. The molecule has 0 aliphatic heterocycles. The highest BCUT2D eigenvalue weighted by Gasteiger charge is 2.22. The topological polar surface area (TPSA) is 70.6 Å². The summed E-state index contributed by atoms with van der Waals surface area (Å²) in [6, 6.07) is 0.166. The molecular weight excluding hydrogens is 232 g/mol. The van der Waals surface area contributed by atoms with Crippen molar-refractivity contribution < 1.29 is 14.6 Å². The summed E-state index contributed by atoms with van der Waals surface area (Å²) in [6.07, 6.45) is 3.50. The number of nitrogens with one attached hydrogen (secondary N) is 2. The predicted molar refractivity (Wildman–Crippen MR) is 70.5 cm³/mol. The predicted octanol–water partition coefficient (Wildman–Crippen LogP) is 1.40. The second kappa shape index (κ2) is 6.95. The SMILES string of the molecule is CC(C)(C)OC(=O)NCCN[C@H]1CCCC[C@H]1O. The highest BCUT2D eigenvalue weighted by atomic mass is 16.6. The number of carbonyl (C=O) groups excluding carboxylic acids is 1. The van der Waals surface area contributed by atoms with Gasteiger partial charge in [-0.2, -0.15) is 0 Å². The molecule has 1 amide bonds. The smallest absolute Gasteiger partial charge is 0.407 e. The van der Waals surface area contributed by atoms with Gasteiger partial charge in [0.25, 0.3) is 0 Å². The molecule has 0 heterocycles. The summed E-state index contributed by atoms with van der Waals surface area (Å²) in [4.78, 5) is 11.4. The van der Waals surface area contributed by atoms with E-state index in [-0.39, 0.29) is 12.1 Å². The van der Waals surface area contributed by atoms with E-state index in [1.54, 1.807) is 0 Å². The molecule has 1 fully saturated rings. The van der Waals surface area contributed by atoms with Gasteiger partial charge < -0.3 is 20.5 Å². The zero-order valence-electron chi connectivity index (χ0n) is 11.7. The van der Waals surface area contributed by atoms with Crippen LogP contribution >= 0.6 is 0 Å². The maximum Gasteiger partial charge on any atom is 0.407 e. The molecule has 1 saturated carbocycles. The van der Waals surface area contributed by atoms with E-state index in [0.717, 1.165) is 25.7 Å². The lowest BCUT2D eigenvalue weighted by Gasteiger charge is -2.28. The number of alkyl carbamates (subject to hydrolysis) is 1. The Morgan fingerprint density at radius 2 is 1.94 bits per heavy atom. The Bertz CT molecular complexity index is 263. The van der Waals surface area contributed by atoms with Crippen molar-refractivity contribution in [1.82, 2.24) is 10.6 Å². The maximum absolute atomic E-state index is 11.4. The average Bonchev–Trinajstić information content (AvgIpc) is 2.24. The van der Waals surface area contributed by atoms with Gasteiger partial charge in [-0.3, -0.25) is 0 Å². The van der Waals surface area contributed by atoms with Gasteiger partial charge in [-0.05, 0) is 33.6 Å². The van der Waals surface area contributed by atoms with E-state index < -0.39 is 11.7 Å². The third kappa shape index (κ3) is 6.21. The van der Waals surface area contributed by atoms with Crippen molar-refractivity contribution in [3.05, 3.63) is 0 Å². The third-order valence-corrected chi connectivity index (χ3v) is 2.93. The fraction of sp³-hybridized carbons (Fsp3) is 0.923. The van der Waals surface area contributed by atoms with E-state index in [0.29, 0.717) is 13.1 Å². The van der Waals surface area contributed by atoms with Gasteiger partial charge in [-0.1, -0.05) is 12.8 Å². The first-order valence-corrected chi connectivity index (χ1v) is 6.77. The van der Waals surface area contributed by atoms with Crippen molar-refractivity contribution in [3.8, 4) is 0 Å². The van der Waals surface area contributed by atoms with Crippen LogP contribution in [0, 0.1) is 0 Å². The van der Waals surface area contributed by atoms with Crippen molar-refractivity contribution in [1.29, 1.82) is 0 Å². The Morgan fingerprint density at radius 1 is 1.28 bits per heavy atom. The number of ether oxygens (including phenoxy) is 1. The Labute approximate surface area is 109 Å². The van der Waals surface area contributed by atoms with Gasteiger partial charge in [0.2, 0.25) is 0 Å². The van der Waals surface area contributed by atoms with Crippen LogP contribution in [0.2, 0.25) is 0 Å². The lowest BCUT2D eigenvalue weighted by atomic mass is 9.93. The van der Waals surface area contributed by atoms with Crippen molar-refractivity contribution in [2.24, 2.45) is 0 Å². The van der Waals surface area contributed by atoms with Crippen LogP contribution in [0.25, 0.3) is 0 Å². The van der Waals surface area contributed by atoms with E-state index >= 15 is 0 Å². The molecule has 0 saturated heterocycles. The zero-order chi connectivity index (χ0) is 13.6. The number of carbonyl (C=O) groups is 1. The Hall–Kier alpha value is -0.810. The molecular formula is C13H26N2O3. The first kappa shape index (κ1) is 15.2. The van der Waals surface area contributed by atoms with Gasteiger partial charge in [0.1, 0.15) is 5.60 Å². The lowest BCUT2D eigenvalue weighted by molar-refractivity contribution is 0.0525. The molecule has 3 N–H and O–H groups in total. The number of aliphatic hydroxyl groups is 1. The summed E-state index contributed by atoms with van der Waals surface area (Å²) >= 11 is 0. The minimum Gasteiger partial charge on any atom is -0.444 e. The number of hydrogen-bond donors (Lipinski definition) is 3. The van der Waals surface area contributed by atoms with Gasteiger partial charge in [-0.15, -0.1) is 0 Å². The van der Waals surface area contributed by atoms with Crippen LogP contribution in [0.15, 0.2) is 0 Å². The summed E-state index contributed by atoms with van der Waals surface area (Å²) in [5.74, 6) is 0. The van der Waals surface area contributed by atoms with Gasteiger partial charge >= 0.3 is 6.09 Å². The minimum absolute atomic E-state index is 0.166. The standard InChI is InChI=1S/C13H26N2O3/c1-13(2,3)18-12(17)15-9-8-14-10-6-4-5-7-11(10)16/h10-11,14,16H,4-9H2,1-3H3,(H,15,17)/t10-,11+/m0/s1. The molecule has 0 aromatic heterocycles. The molecule has 5 nitrogen and oxygen atoms in total. The van der Waals surface area contributed by atoms with Crippen molar-refractivity contribution in [2.75, 3.05) is 13.1 Å². The summed E-state index contributed by atoms with van der Waals surface area (Å²) in [7, 11) is 0. The summed E-state index contributed by atoms with van der Waals surface area (Å²) in [6.45, 7) is 6.68. The van der Waals surface area contributed by atoms with E-state index in [9.17, 15) is 9.90 Å². The first-order valence-electron chi connectivity index (χ1n) is 6.77. The first-order chi connectivity index (χ1) is 8.38. The molecule has 0 unspecified atom stereocenters. The normalized spacial score (nSPS) is 24.7. The highest BCUT2D eigenvalue weighted by Crippen LogP contribution is 2.17. The van der Waals surface area contributed by atoms with Crippen LogP contribution in [0.4, 0.5) is 4.79 Å². The van der Waals surface area contributed by atoms with Crippen LogP contribution in [0.5, 0.6) is 0 Å². The van der Waals surface area contributed by atoms with E-state index in [1.807, 2.05) is 20.8 Å². The van der Waals surface area contributed by atoms with Gasteiger partial charge in [0.15, 0.2) is 0 Å². The van der Waals surface area contributed by atoms with Crippen molar-refractivity contribution >= 4 is 6.09 Å². The quantitative estimate of drug-likeness (QED) is 0.667. The number of amides is 1. The van der Waals surface area contributed by atoms with E-state index in [1.165, 1.54) is 0 Å². The summed E-state index contributed by atoms with van der Waals surface area (Å²) in [5.41, 5.74) is -0.461. The highest BCUT2D eigenvalue weighted by molar-refractivity contribution is 5.67. The Kier molecular flexibility index (Phi) is 5.88. The number of rotatable bonds is 4. The molecule has 0 radical (unpaired) electrons.